The molecule has 0 rings (SSSR count). The van der Waals surface area contributed by atoms with Gasteiger partial charge < -0.3 is 0 Å². The van der Waals surface area contributed by atoms with E-state index in [1.54, 1.807) is 0 Å². The summed E-state index contributed by atoms with van der Waals surface area (Å²) in [6, 6.07) is 4.06. The molecule has 0 fully saturated rings. The SMILES string of the molecule is CC(C)C#N.CC(C)C#N.[Cl][Pd][Cl]. The summed E-state index contributed by atoms with van der Waals surface area (Å²) in [5.74, 6) is 0.380. The second-order valence-corrected chi connectivity index (χ2v) is 4.97. The van der Waals surface area contributed by atoms with Gasteiger partial charge in [-0.1, -0.05) is 0 Å². The molecule has 0 aromatic carbocycles. The van der Waals surface area contributed by atoms with Gasteiger partial charge in [-0.05, 0) is 27.7 Å². The summed E-state index contributed by atoms with van der Waals surface area (Å²) in [5.41, 5.74) is 0. The van der Waals surface area contributed by atoms with Gasteiger partial charge in [-0.3, -0.25) is 0 Å². The molecule has 5 heteroatoms. The van der Waals surface area contributed by atoms with Gasteiger partial charge in [0.1, 0.15) is 0 Å². The van der Waals surface area contributed by atoms with Crippen molar-refractivity contribution in [3.63, 3.8) is 0 Å². The van der Waals surface area contributed by atoms with Crippen molar-refractivity contribution >= 4 is 19.1 Å². The van der Waals surface area contributed by atoms with Gasteiger partial charge in [-0.25, -0.2) is 0 Å². The quantitative estimate of drug-likeness (QED) is 0.640. The number of hydrogen-bond donors (Lipinski definition) is 0. The monoisotopic (exact) mass is 314 g/mol. The van der Waals surface area contributed by atoms with Gasteiger partial charge in [0.05, 0.1) is 12.1 Å². The van der Waals surface area contributed by atoms with E-state index in [9.17, 15) is 0 Å². The van der Waals surface area contributed by atoms with E-state index < -0.39 is 0 Å². The van der Waals surface area contributed by atoms with Gasteiger partial charge in [0.25, 0.3) is 0 Å². The second kappa shape index (κ2) is 18.1. The Morgan fingerprint density at radius 3 is 1.00 bits per heavy atom. The van der Waals surface area contributed by atoms with Crippen LogP contribution in [0.1, 0.15) is 27.7 Å². The third-order valence-corrected chi connectivity index (χ3v) is 0.516. The van der Waals surface area contributed by atoms with Crippen LogP contribution in [0.25, 0.3) is 0 Å². The molecule has 0 aliphatic carbocycles. The van der Waals surface area contributed by atoms with E-state index in [0.29, 0.717) is 0 Å². The third kappa shape index (κ3) is 71.6. The van der Waals surface area contributed by atoms with Crippen LogP contribution in [0.4, 0.5) is 0 Å². The fourth-order valence-electron chi connectivity index (χ4n) is 0. The van der Waals surface area contributed by atoms with Crippen molar-refractivity contribution in [1.29, 1.82) is 10.5 Å². The fourth-order valence-corrected chi connectivity index (χ4v) is 0. The average Bonchev–Trinajstić information content (AvgIpc) is 2.07. The van der Waals surface area contributed by atoms with Crippen LogP contribution in [0.5, 0.6) is 0 Å². The number of nitriles is 2. The molecule has 0 atom stereocenters. The van der Waals surface area contributed by atoms with Crippen LogP contribution in [-0.2, 0) is 15.9 Å². The molecule has 0 aromatic heterocycles. The first kappa shape index (κ1) is 18.9. The minimum absolute atomic E-state index is 0.106. The Morgan fingerprint density at radius 1 is 0.923 bits per heavy atom. The molecule has 0 aromatic rings. The molecular weight excluding hydrogens is 301 g/mol. The molecule has 0 N–H and O–H groups in total. The number of nitrogens with zero attached hydrogens (tertiary/aromatic N) is 2. The Bertz CT molecular complexity index is 141. The normalized spacial score (nSPS) is 7.54. The molecule has 0 saturated heterocycles. The Labute approximate surface area is 96.9 Å². The Morgan fingerprint density at radius 2 is 1.00 bits per heavy atom. The average molecular weight is 316 g/mol. The summed E-state index contributed by atoms with van der Waals surface area (Å²) in [7, 11) is 9.63. The first-order valence-corrected chi connectivity index (χ1v) is 7.58. The number of rotatable bonds is 0. The molecule has 13 heavy (non-hydrogen) atoms. The maximum atomic E-state index is 7.89. The van der Waals surface area contributed by atoms with Gasteiger partial charge >= 0.3 is 35.0 Å². The molecule has 0 unspecified atom stereocenters. The van der Waals surface area contributed by atoms with Gasteiger partial charge in [-0.2, -0.15) is 10.5 Å². The predicted octanol–water partition coefficient (Wildman–Crippen LogP) is 3.71. The van der Waals surface area contributed by atoms with E-state index in [1.165, 1.54) is 0 Å². The molecule has 0 amide bonds. The van der Waals surface area contributed by atoms with Crippen LogP contribution in [0, 0.1) is 34.5 Å². The van der Waals surface area contributed by atoms with E-state index in [4.69, 9.17) is 29.6 Å². The first-order valence-electron chi connectivity index (χ1n) is 3.57. The van der Waals surface area contributed by atoms with E-state index >= 15 is 0 Å². The minimum atomic E-state index is -0.106. The number of halogens is 2. The van der Waals surface area contributed by atoms with Gasteiger partial charge in [-0.15, -0.1) is 0 Å². The van der Waals surface area contributed by atoms with Crippen LogP contribution in [0.3, 0.4) is 0 Å². The standard InChI is InChI=1S/2C4H7N.2ClH.Pd/c2*1-4(2)3-5;;;/h2*4H,1-2H3;2*1H;/q;;;;+2/p-2. The van der Waals surface area contributed by atoms with E-state index in [2.05, 4.69) is 0 Å². The van der Waals surface area contributed by atoms with E-state index in [1.807, 2.05) is 39.8 Å². The third-order valence-electron chi connectivity index (χ3n) is 0.516. The number of hydrogen-bond acceptors (Lipinski definition) is 2. The van der Waals surface area contributed by atoms with E-state index in [0.717, 1.165) is 0 Å². The van der Waals surface area contributed by atoms with Crippen molar-refractivity contribution in [2.24, 2.45) is 11.8 Å². The zero-order valence-corrected chi connectivity index (χ0v) is 11.2. The van der Waals surface area contributed by atoms with Crippen LogP contribution in [0.15, 0.2) is 0 Å². The second-order valence-electron chi connectivity index (χ2n) is 2.61. The summed E-state index contributed by atoms with van der Waals surface area (Å²) in [4.78, 5) is 0. The van der Waals surface area contributed by atoms with Crippen molar-refractivity contribution in [3.05, 3.63) is 0 Å². The van der Waals surface area contributed by atoms with Crippen molar-refractivity contribution in [2.75, 3.05) is 0 Å². The van der Waals surface area contributed by atoms with Crippen LogP contribution in [-0.4, -0.2) is 0 Å². The van der Waals surface area contributed by atoms with Crippen molar-refractivity contribution in [3.8, 4) is 12.1 Å². The van der Waals surface area contributed by atoms with Crippen molar-refractivity contribution in [1.82, 2.24) is 0 Å². The summed E-state index contributed by atoms with van der Waals surface area (Å²) in [5, 5.41) is 15.8. The van der Waals surface area contributed by atoms with Crippen molar-refractivity contribution in [2.45, 2.75) is 27.7 Å². The molecule has 0 bridgehead atoms. The molecule has 0 aliphatic heterocycles. The molecule has 0 radical (unpaired) electrons. The topological polar surface area (TPSA) is 47.6 Å². The molecule has 0 spiro atoms. The van der Waals surface area contributed by atoms with Crippen LogP contribution in [0.2, 0.25) is 0 Å². The van der Waals surface area contributed by atoms with Gasteiger partial charge in [0.2, 0.25) is 0 Å². The van der Waals surface area contributed by atoms with Crippen LogP contribution >= 0.6 is 19.1 Å². The molecule has 0 heterocycles. The fraction of sp³-hybridized carbons (Fsp3) is 0.750. The first-order chi connectivity index (χ1) is 5.95. The summed E-state index contributed by atoms with van der Waals surface area (Å²) in [6.07, 6.45) is 0. The molecule has 0 saturated carbocycles. The molecule has 80 valence electrons. The summed E-state index contributed by atoms with van der Waals surface area (Å²) in [6.45, 7) is 7.44. The predicted molar refractivity (Wildman–Crippen MR) is 52.6 cm³/mol. The van der Waals surface area contributed by atoms with Gasteiger partial charge in [0, 0.05) is 11.8 Å². The summed E-state index contributed by atoms with van der Waals surface area (Å²) < 4.78 is 0. The Kier molecular flexibility index (Phi) is 26.3. The molecule has 0 aliphatic rings. The zero-order valence-electron chi connectivity index (χ0n) is 8.12. The molecule has 2 nitrogen and oxygen atoms in total. The molecular formula is C8H14Cl2N2Pd. The zero-order chi connectivity index (χ0) is 11.3. The Balaban J connectivity index is -0.000000120. The van der Waals surface area contributed by atoms with E-state index in [-0.39, 0.29) is 27.8 Å². The maximum absolute atomic E-state index is 7.89. The summed E-state index contributed by atoms with van der Waals surface area (Å²) >= 11 is -0.106. The van der Waals surface area contributed by atoms with Crippen LogP contribution < -0.4 is 0 Å². The van der Waals surface area contributed by atoms with Crippen molar-refractivity contribution < 1.29 is 15.9 Å². The Hall–Kier alpha value is 0.222. The van der Waals surface area contributed by atoms with Gasteiger partial charge in [0.15, 0.2) is 0 Å².